The number of hydrogen-bond donors (Lipinski definition) is 0. The standard InChI is InChI=1S/C17H21NO2S/c1-12-5-8-16(9-13(12)2)21-11-17(19)18(4)10-15-7-6-14(3)20-15/h5-9H,10-11H2,1-4H3. The van der Waals surface area contributed by atoms with Gasteiger partial charge in [0, 0.05) is 11.9 Å². The number of thioether (sulfide) groups is 1. The van der Waals surface area contributed by atoms with Gasteiger partial charge in [-0.25, -0.2) is 0 Å². The Labute approximate surface area is 130 Å². The van der Waals surface area contributed by atoms with Crippen LogP contribution < -0.4 is 0 Å². The van der Waals surface area contributed by atoms with Crippen molar-refractivity contribution in [2.24, 2.45) is 0 Å². The van der Waals surface area contributed by atoms with Gasteiger partial charge in [0.05, 0.1) is 12.3 Å². The van der Waals surface area contributed by atoms with Crippen molar-refractivity contribution < 1.29 is 9.21 Å². The summed E-state index contributed by atoms with van der Waals surface area (Å²) in [6.07, 6.45) is 0. The van der Waals surface area contributed by atoms with Crippen LogP contribution in [-0.4, -0.2) is 23.6 Å². The Morgan fingerprint density at radius 3 is 2.52 bits per heavy atom. The first-order valence-corrected chi connectivity index (χ1v) is 7.93. The van der Waals surface area contributed by atoms with E-state index in [2.05, 4.69) is 32.0 Å². The van der Waals surface area contributed by atoms with Crippen molar-refractivity contribution >= 4 is 17.7 Å². The van der Waals surface area contributed by atoms with Crippen molar-refractivity contribution in [3.63, 3.8) is 0 Å². The van der Waals surface area contributed by atoms with Gasteiger partial charge in [0.25, 0.3) is 0 Å². The highest BCUT2D eigenvalue weighted by Crippen LogP contribution is 2.21. The smallest absolute Gasteiger partial charge is 0.233 e. The zero-order valence-electron chi connectivity index (χ0n) is 13.0. The predicted octanol–water partition coefficient (Wildman–Crippen LogP) is 3.96. The van der Waals surface area contributed by atoms with Gasteiger partial charge in [-0.2, -0.15) is 0 Å². The molecule has 0 N–H and O–H groups in total. The number of furan rings is 1. The van der Waals surface area contributed by atoms with Crippen LogP contribution in [0.25, 0.3) is 0 Å². The summed E-state index contributed by atoms with van der Waals surface area (Å²) >= 11 is 1.57. The quantitative estimate of drug-likeness (QED) is 0.784. The first-order valence-electron chi connectivity index (χ1n) is 6.95. The van der Waals surface area contributed by atoms with E-state index in [1.165, 1.54) is 11.1 Å². The molecule has 1 amide bonds. The molecule has 0 aliphatic rings. The third-order valence-electron chi connectivity index (χ3n) is 3.46. The molecule has 0 aliphatic carbocycles. The van der Waals surface area contributed by atoms with Gasteiger partial charge in [-0.15, -0.1) is 11.8 Å². The number of nitrogens with zero attached hydrogens (tertiary/aromatic N) is 1. The Hall–Kier alpha value is -1.68. The minimum Gasteiger partial charge on any atom is -0.464 e. The molecule has 1 aromatic carbocycles. The number of amides is 1. The van der Waals surface area contributed by atoms with Crippen molar-refractivity contribution in [3.05, 3.63) is 53.0 Å². The lowest BCUT2D eigenvalue weighted by atomic mass is 10.1. The lowest BCUT2D eigenvalue weighted by Gasteiger charge is -2.15. The number of hydrogen-bond acceptors (Lipinski definition) is 3. The molecule has 112 valence electrons. The van der Waals surface area contributed by atoms with Crippen LogP contribution in [0.1, 0.15) is 22.6 Å². The largest absolute Gasteiger partial charge is 0.464 e. The van der Waals surface area contributed by atoms with Gasteiger partial charge in [-0.3, -0.25) is 4.79 Å². The SMILES string of the molecule is Cc1ccc(CN(C)C(=O)CSc2ccc(C)c(C)c2)o1. The zero-order valence-corrected chi connectivity index (χ0v) is 13.8. The van der Waals surface area contributed by atoms with Crippen molar-refractivity contribution in [1.82, 2.24) is 4.90 Å². The summed E-state index contributed by atoms with van der Waals surface area (Å²) in [6.45, 7) is 6.60. The van der Waals surface area contributed by atoms with Gasteiger partial charge in [0.1, 0.15) is 11.5 Å². The van der Waals surface area contributed by atoms with E-state index < -0.39 is 0 Å². The summed E-state index contributed by atoms with van der Waals surface area (Å²) in [7, 11) is 1.81. The summed E-state index contributed by atoms with van der Waals surface area (Å²) in [4.78, 5) is 15.0. The molecule has 3 nitrogen and oxygen atoms in total. The van der Waals surface area contributed by atoms with Crippen molar-refractivity contribution in [3.8, 4) is 0 Å². The van der Waals surface area contributed by atoms with Gasteiger partial charge in [0.15, 0.2) is 0 Å². The molecule has 2 aromatic rings. The molecule has 0 aliphatic heterocycles. The van der Waals surface area contributed by atoms with E-state index >= 15 is 0 Å². The van der Waals surface area contributed by atoms with Gasteiger partial charge in [-0.1, -0.05) is 6.07 Å². The summed E-state index contributed by atoms with van der Waals surface area (Å²) in [6, 6.07) is 10.1. The lowest BCUT2D eigenvalue weighted by Crippen LogP contribution is -2.27. The lowest BCUT2D eigenvalue weighted by molar-refractivity contribution is -0.127. The summed E-state index contributed by atoms with van der Waals surface area (Å²) < 4.78 is 5.50. The van der Waals surface area contributed by atoms with Crippen LogP contribution in [0.5, 0.6) is 0 Å². The fraction of sp³-hybridized carbons (Fsp3) is 0.353. The van der Waals surface area contributed by atoms with E-state index in [9.17, 15) is 4.79 Å². The van der Waals surface area contributed by atoms with Gasteiger partial charge in [-0.05, 0) is 56.2 Å². The zero-order chi connectivity index (χ0) is 15.4. The first kappa shape index (κ1) is 15.7. The van der Waals surface area contributed by atoms with E-state index in [0.717, 1.165) is 16.4 Å². The van der Waals surface area contributed by atoms with Crippen LogP contribution in [-0.2, 0) is 11.3 Å². The molecule has 0 saturated heterocycles. The second kappa shape index (κ2) is 6.85. The normalized spacial score (nSPS) is 10.7. The number of aryl methyl sites for hydroxylation is 3. The topological polar surface area (TPSA) is 33.5 Å². The maximum absolute atomic E-state index is 12.1. The van der Waals surface area contributed by atoms with Crippen LogP contribution in [0.4, 0.5) is 0 Å². The van der Waals surface area contributed by atoms with Crippen LogP contribution >= 0.6 is 11.8 Å². The molecule has 21 heavy (non-hydrogen) atoms. The molecule has 1 heterocycles. The van der Waals surface area contributed by atoms with Crippen LogP contribution in [0.3, 0.4) is 0 Å². The van der Waals surface area contributed by atoms with Crippen LogP contribution in [0.15, 0.2) is 39.6 Å². The fourth-order valence-corrected chi connectivity index (χ4v) is 2.89. The molecule has 0 unspecified atom stereocenters. The second-order valence-corrected chi connectivity index (χ2v) is 6.35. The molecule has 1 aromatic heterocycles. The van der Waals surface area contributed by atoms with Crippen LogP contribution in [0, 0.1) is 20.8 Å². The first-order chi connectivity index (χ1) is 9.95. The highest BCUT2D eigenvalue weighted by Gasteiger charge is 2.11. The maximum atomic E-state index is 12.1. The average molecular weight is 303 g/mol. The highest BCUT2D eigenvalue weighted by atomic mass is 32.2. The van der Waals surface area contributed by atoms with Crippen molar-refractivity contribution in [2.75, 3.05) is 12.8 Å². The van der Waals surface area contributed by atoms with E-state index in [4.69, 9.17) is 4.42 Å². The molecule has 4 heteroatoms. The number of rotatable bonds is 5. The maximum Gasteiger partial charge on any atom is 0.233 e. The summed E-state index contributed by atoms with van der Waals surface area (Å²) in [5, 5.41) is 0. The Kier molecular flexibility index (Phi) is 5.12. The van der Waals surface area contributed by atoms with Crippen molar-refractivity contribution in [2.45, 2.75) is 32.2 Å². The van der Waals surface area contributed by atoms with E-state index in [1.807, 2.05) is 19.1 Å². The Morgan fingerprint density at radius 2 is 1.90 bits per heavy atom. The average Bonchev–Trinajstić information content (AvgIpc) is 2.85. The minimum absolute atomic E-state index is 0.104. The van der Waals surface area contributed by atoms with Gasteiger partial charge < -0.3 is 9.32 Å². The molecule has 0 bridgehead atoms. The predicted molar refractivity (Wildman–Crippen MR) is 86.6 cm³/mol. The Bertz CT molecular complexity index is 633. The number of carbonyl (C=O) groups is 1. The molecule has 0 atom stereocenters. The fourth-order valence-electron chi connectivity index (χ4n) is 1.95. The summed E-state index contributed by atoms with van der Waals surface area (Å²) in [5.74, 6) is 2.24. The van der Waals surface area contributed by atoms with Crippen LogP contribution in [0.2, 0.25) is 0 Å². The van der Waals surface area contributed by atoms with Crippen molar-refractivity contribution in [1.29, 1.82) is 0 Å². The van der Waals surface area contributed by atoms with E-state index in [1.54, 1.807) is 23.7 Å². The molecule has 0 spiro atoms. The third-order valence-corrected chi connectivity index (χ3v) is 4.43. The van der Waals surface area contributed by atoms with E-state index in [0.29, 0.717) is 12.3 Å². The van der Waals surface area contributed by atoms with E-state index in [-0.39, 0.29) is 5.91 Å². The molecule has 0 fully saturated rings. The molecular formula is C17H21NO2S. The Balaban J connectivity index is 1.87. The molecule has 0 radical (unpaired) electrons. The number of carbonyl (C=O) groups excluding carboxylic acids is 1. The third kappa shape index (κ3) is 4.39. The highest BCUT2D eigenvalue weighted by molar-refractivity contribution is 8.00. The second-order valence-electron chi connectivity index (χ2n) is 5.30. The monoisotopic (exact) mass is 303 g/mol. The molecular weight excluding hydrogens is 282 g/mol. The number of benzene rings is 1. The molecule has 0 saturated carbocycles. The van der Waals surface area contributed by atoms with Gasteiger partial charge >= 0.3 is 0 Å². The molecule has 2 rings (SSSR count). The van der Waals surface area contributed by atoms with Gasteiger partial charge in [0.2, 0.25) is 5.91 Å². The summed E-state index contributed by atoms with van der Waals surface area (Å²) in [5.41, 5.74) is 2.53. The Morgan fingerprint density at radius 1 is 1.14 bits per heavy atom. The minimum atomic E-state index is 0.104.